The highest BCUT2D eigenvalue weighted by Crippen LogP contribution is 2.61. The first kappa shape index (κ1) is 25.3. The van der Waals surface area contributed by atoms with Crippen molar-refractivity contribution < 1.29 is 18.7 Å². The van der Waals surface area contributed by atoms with Crippen LogP contribution in [0.4, 0.5) is 15.5 Å². The SMILES string of the molecule is C[C@H]1[C@H]([Si](C)(C)F)[C@@H](CCn2cc(CCO)nn2)O[C@]12C(=O)N(c1ccccc1)c1ccc(Br)cc12. The van der Waals surface area contributed by atoms with Crippen LogP contribution in [0.25, 0.3) is 0 Å². The minimum atomic E-state index is -3.24. The van der Waals surface area contributed by atoms with E-state index < -0.39 is 20.1 Å². The summed E-state index contributed by atoms with van der Waals surface area (Å²) in [6.45, 7) is 5.85. The number of amides is 1. The molecule has 2 aromatic carbocycles. The highest BCUT2D eigenvalue weighted by atomic mass is 79.9. The lowest BCUT2D eigenvalue weighted by molar-refractivity contribution is -0.145. The molecule has 1 N–H and O–H groups in total. The third-order valence-corrected chi connectivity index (χ3v) is 10.4. The Balaban J connectivity index is 1.54. The van der Waals surface area contributed by atoms with E-state index in [-0.39, 0.29) is 24.0 Å². The molecule has 5 rings (SSSR count). The maximum atomic E-state index is 15.9. The average Bonchev–Trinajstić information content (AvgIpc) is 3.47. The van der Waals surface area contributed by atoms with Gasteiger partial charge in [-0.25, -0.2) is 0 Å². The lowest BCUT2D eigenvalue weighted by Crippen LogP contribution is -2.44. The van der Waals surface area contributed by atoms with Crippen LogP contribution < -0.4 is 4.90 Å². The smallest absolute Gasteiger partial charge is 0.268 e. The second kappa shape index (κ2) is 9.48. The summed E-state index contributed by atoms with van der Waals surface area (Å²) in [6.07, 6.45) is 2.27. The minimum absolute atomic E-state index is 0.00315. The summed E-state index contributed by atoms with van der Waals surface area (Å²) in [5.74, 6) is -0.532. The van der Waals surface area contributed by atoms with Crippen molar-refractivity contribution in [1.29, 1.82) is 0 Å². The fraction of sp³-hybridized carbons (Fsp3) is 0.423. The number of benzene rings is 2. The molecule has 2 aliphatic heterocycles. The molecule has 190 valence electrons. The van der Waals surface area contributed by atoms with Gasteiger partial charge in [0.05, 0.1) is 17.5 Å². The third-order valence-electron chi connectivity index (χ3n) is 7.44. The van der Waals surface area contributed by atoms with Gasteiger partial charge in [0, 0.05) is 53.0 Å². The molecule has 3 heterocycles. The Morgan fingerprint density at radius 1 is 1.22 bits per heavy atom. The van der Waals surface area contributed by atoms with Crippen LogP contribution in [0.2, 0.25) is 18.6 Å². The number of halogens is 2. The number of rotatable bonds is 7. The number of anilines is 2. The van der Waals surface area contributed by atoms with Gasteiger partial charge in [-0.15, -0.1) is 5.10 Å². The van der Waals surface area contributed by atoms with Gasteiger partial charge in [0.25, 0.3) is 5.91 Å². The molecule has 0 radical (unpaired) electrons. The van der Waals surface area contributed by atoms with Crippen LogP contribution in [0.1, 0.15) is 24.6 Å². The molecule has 7 nitrogen and oxygen atoms in total. The van der Waals surface area contributed by atoms with Crippen molar-refractivity contribution in [2.24, 2.45) is 5.92 Å². The Morgan fingerprint density at radius 3 is 2.67 bits per heavy atom. The largest absolute Gasteiger partial charge is 0.396 e. The number of hydrogen-bond acceptors (Lipinski definition) is 5. The maximum absolute atomic E-state index is 15.9. The van der Waals surface area contributed by atoms with Gasteiger partial charge in [0.2, 0.25) is 8.41 Å². The first-order valence-electron chi connectivity index (χ1n) is 12.2. The molecule has 0 unspecified atom stereocenters. The molecule has 3 aromatic rings. The quantitative estimate of drug-likeness (QED) is 0.314. The van der Waals surface area contributed by atoms with Gasteiger partial charge in [-0.05, 0) is 49.8 Å². The molecule has 36 heavy (non-hydrogen) atoms. The number of nitrogens with zero attached hydrogens (tertiary/aromatic N) is 4. The van der Waals surface area contributed by atoms with Crippen LogP contribution in [-0.2, 0) is 28.1 Å². The molecule has 4 atom stereocenters. The summed E-state index contributed by atoms with van der Waals surface area (Å²) in [5, 5.41) is 17.4. The van der Waals surface area contributed by atoms with Crippen molar-refractivity contribution in [3.8, 4) is 0 Å². The molecular weight excluding hydrogens is 543 g/mol. The third kappa shape index (κ3) is 4.13. The lowest BCUT2D eigenvalue weighted by atomic mass is 9.82. The van der Waals surface area contributed by atoms with E-state index in [1.165, 1.54) is 0 Å². The summed E-state index contributed by atoms with van der Waals surface area (Å²) >= 11 is 3.57. The molecule has 1 aromatic heterocycles. The monoisotopic (exact) mass is 572 g/mol. The van der Waals surface area contributed by atoms with Crippen LogP contribution in [-0.4, -0.2) is 47.1 Å². The van der Waals surface area contributed by atoms with Gasteiger partial charge in [-0.1, -0.05) is 46.3 Å². The van der Waals surface area contributed by atoms with Crippen LogP contribution in [0.3, 0.4) is 0 Å². The molecule has 1 spiro atoms. The number of carbonyl (C=O) groups excluding carboxylic acids is 1. The standard InChI is InChI=1S/C26H30BrFN4O3Si/c1-17-24(36(2,3)28)23(11-13-31-16-19(12-14-33)29-30-31)35-26(17)21-15-18(27)9-10-22(21)32(25(26)34)20-7-5-4-6-8-20/h4-10,15-17,23-24,33H,11-14H2,1-3H3/t17-,23+,24-,26+/m0/s1. The Bertz CT molecular complexity index is 1270. The number of hydrogen-bond donors (Lipinski definition) is 1. The second-order valence-corrected chi connectivity index (χ2v) is 14.9. The topological polar surface area (TPSA) is 80.5 Å². The molecule has 1 fully saturated rings. The number of aliphatic hydroxyl groups excluding tert-OH is 1. The van der Waals surface area contributed by atoms with Crippen LogP contribution in [0, 0.1) is 5.92 Å². The Labute approximate surface area is 219 Å². The molecule has 2 aliphatic rings. The Hall–Kier alpha value is -2.40. The van der Waals surface area contributed by atoms with E-state index in [2.05, 4.69) is 26.2 Å². The van der Waals surface area contributed by atoms with E-state index >= 15 is 4.11 Å². The number of aliphatic hydroxyl groups is 1. The zero-order chi connectivity index (χ0) is 25.7. The number of aryl methyl sites for hydroxylation is 1. The van der Waals surface area contributed by atoms with Crippen molar-refractivity contribution in [2.75, 3.05) is 11.5 Å². The summed E-state index contributed by atoms with van der Waals surface area (Å²) < 4.78 is 25.2. The van der Waals surface area contributed by atoms with Crippen molar-refractivity contribution >= 4 is 41.6 Å². The van der Waals surface area contributed by atoms with Crippen LogP contribution in [0.15, 0.2) is 59.2 Å². The number of fused-ring (bicyclic) bond motifs is 2. The van der Waals surface area contributed by atoms with Gasteiger partial charge in [-0.2, -0.15) is 0 Å². The molecule has 0 bridgehead atoms. The van der Waals surface area contributed by atoms with Gasteiger partial charge >= 0.3 is 0 Å². The summed E-state index contributed by atoms with van der Waals surface area (Å²) in [7, 11) is -3.24. The highest BCUT2D eigenvalue weighted by molar-refractivity contribution is 9.10. The zero-order valence-corrected chi connectivity index (χ0v) is 23.2. The first-order valence-corrected chi connectivity index (χ1v) is 16.0. The molecule has 1 saturated heterocycles. The van der Waals surface area contributed by atoms with Crippen molar-refractivity contribution in [1.82, 2.24) is 15.0 Å². The number of carbonyl (C=O) groups is 1. The zero-order valence-electron chi connectivity index (χ0n) is 20.6. The maximum Gasteiger partial charge on any atom is 0.268 e. The van der Waals surface area contributed by atoms with Crippen molar-refractivity contribution in [2.45, 2.75) is 56.7 Å². The minimum Gasteiger partial charge on any atom is -0.396 e. The molecular formula is C26H30BrFN4O3Si. The van der Waals surface area contributed by atoms with E-state index in [1.807, 2.05) is 55.5 Å². The van der Waals surface area contributed by atoms with Crippen molar-refractivity contribution in [3.05, 3.63) is 70.5 Å². The first-order chi connectivity index (χ1) is 17.2. The predicted molar refractivity (Wildman–Crippen MR) is 141 cm³/mol. The predicted octanol–water partition coefficient (Wildman–Crippen LogP) is 5.12. The molecule has 0 saturated carbocycles. The van der Waals surface area contributed by atoms with Gasteiger partial charge in [-0.3, -0.25) is 14.4 Å². The Morgan fingerprint density at radius 2 is 1.97 bits per heavy atom. The molecule has 10 heteroatoms. The van der Waals surface area contributed by atoms with Gasteiger partial charge < -0.3 is 14.0 Å². The fourth-order valence-corrected chi connectivity index (χ4v) is 8.89. The van der Waals surface area contributed by atoms with Crippen molar-refractivity contribution in [3.63, 3.8) is 0 Å². The Kier molecular flexibility index (Phi) is 6.65. The number of para-hydroxylation sites is 1. The molecule has 1 amide bonds. The lowest BCUT2D eigenvalue weighted by Gasteiger charge is -2.31. The summed E-state index contributed by atoms with van der Waals surface area (Å²) in [6, 6.07) is 15.3. The summed E-state index contributed by atoms with van der Waals surface area (Å²) in [4.78, 5) is 16.0. The summed E-state index contributed by atoms with van der Waals surface area (Å²) in [5.41, 5.74) is 1.35. The average molecular weight is 574 g/mol. The van der Waals surface area contributed by atoms with Gasteiger partial charge in [0.1, 0.15) is 0 Å². The molecule has 0 aliphatic carbocycles. The second-order valence-electron chi connectivity index (χ2n) is 10.1. The number of aromatic nitrogens is 3. The van der Waals surface area contributed by atoms with E-state index in [1.54, 1.807) is 28.9 Å². The number of ether oxygens (including phenoxy) is 1. The highest BCUT2D eigenvalue weighted by Gasteiger charge is 2.66. The van der Waals surface area contributed by atoms with E-state index in [0.717, 1.165) is 21.4 Å². The van der Waals surface area contributed by atoms with Gasteiger partial charge in [0.15, 0.2) is 5.60 Å². The van der Waals surface area contributed by atoms with E-state index in [4.69, 9.17) is 9.84 Å². The van der Waals surface area contributed by atoms with Crippen LogP contribution in [0.5, 0.6) is 0 Å². The van der Waals surface area contributed by atoms with E-state index in [9.17, 15) is 4.79 Å². The van der Waals surface area contributed by atoms with E-state index in [0.29, 0.717) is 25.1 Å². The van der Waals surface area contributed by atoms with Crippen LogP contribution >= 0.6 is 15.9 Å². The fourth-order valence-electron chi connectivity index (χ4n) is 5.98. The normalized spacial score (nSPS) is 25.7.